The van der Waals surface area contributed by atoms with Gasteiger partial charge in [0.25, 0.3) is 0 Å². The van der Waals surface area contributed by atoms with Gasteiger partial charge in [0.2, 0.25) is 5.91 Å². The Hall–Kier alpha value is -3.19. The lowest BCUT2D eigenvalue weighted by atomic mass is 10.0. The van der Waals surface area contributed by atoms with E-state index in [1.165, 1.54) is 17.3 Å². The van der Waals surface area contributed by atoms with Gasteiger partial charge in [0.1, 0.15) is 0 Å². The summed E-state index contributed by atoms with van der Waals surface area (Å²) in [6.45, 7) is 9.69. The Balaban J connectivity index is 1.71. The number of benzene rings is 2. The van der Waals surface area contributed by atoms with Crippen LogP contribution in [0.1, 0.15) is 26.3 Å². The molecule has 170 valence electrons. The van der Waals surface area contributed by atoms with E-state index in [0.717, 1.165) is 38.7 Å². The molecule has 2 aromatic heterocycles. The van der Waals surface area contributed by atoms with Crippen LogP contribution in [-0.4, -0.2) is 38.0 Å². The van der Waals surface area contributed by atoms with Gasteiger partial charge in [-0.2, -0.15) is 0 Å². The SMILES string of the molecule is CCn1c(SCC(=O)NCC(C)C)nnc1-c1cc(-c2ccc(C)cc2)nc2ccccc12. The van der Waals surface area contributed by atoms with Crippen LogP contribution >= 0.6 is 11.8 Å². The first kappa shape index (κ1) is 23.0. The number of aryl methyl sites for hydroxylation is 1. The third-order valence-electron chi connectivity index (χ3n) is 5.38. The van der Waals surface area contributed by atoms with Gasteiger partial charge in [-0.3, -0.25) is 4.79 Å². The predicted molar refractivity (Wildman–Crippen MR) is 135 cm³/mol. The fraction of sp³-hybridized carbons (Fsp3) is 0.308. The Bertz CT molecular complexity index is 1260. The predicted octanol–water partition coefficient (Wildman–Crippen LogP) is 5.35. The lowest BCUT2D eigenvalue weighted by Gasteiger charge is -2.12. The fourth-order valence-corrected chi connectivity index (χ4v) is 4.44. The van der Waals surface area contributed by atoms with Gasteiger partial charge in [-0.25, -0.2) is 4.98 Å². The molecule has 33 heavy (non-hydrogen) atoms. The molecule has 0 saturated carbocycles. The summed E-state index contributed by atoms with van der Waals surface area (Å²) in [4.78, 5) is 17.1. The first-order valence-electron chi connectivity index (χ1n) is 11.3. The number of hydrogen-bond donors (Lipinski definition) is 1. The Kier molecular flexibility index (Phi) is 7.08. The molecule has 0 bridgehead atoms. The van der Waals surface area contributed by atoms with Crippen LogP contribution in [0.25, 0.3) is 33.5 Å². The molecule has 7 heteroatoms. The molecule has 2 heterocycles. The van der Waals surface area contributed by atoms with E-state index in [4.69, 9.17) is 4.98 Å². The number of carbonyl (C=O) groups is 1. The van der Waals surface area contributed by atoms with Crippen LogP contribution in [0.3, 0.4) is 0 Å². The molecule has 0 atom stereocenters. The molecule has 0 fully saturated rings. The third kappa shape index (κ3) is 5.25. The highest BCUT2D eigenvalue weighted by atomic mass is 32.2. The van der Waals surface area contributed by atoms with Crippen LogP contribution in [0.2, 0.25) is 0 Å². The molecule has 0 radical (unpaired) electrons. The molecular formula is C26H29N5OS. The maximum atomic E-state index is 12.2. The summed E-state index contributed by atoms with van der Waals surface area (Å²) in [5.41, 5.74) is 5.08. The third-order valence-corrected chi connectivity index (χ3v) is 6.34. The van der Waals surface area contributed by atoms with Crippen LogP contribution in [0, 0.1) is 12.8 Å². The molecule has 0 aliphatic carbocycles. The van der Waals surface area contributed by atoms with Gasteiger partial charge in [-0.15, -0.1) is 10.2 Å². The standard InChI is InChI=1S/C26H29N5OS/c1-5-31-25(29-30-26(31)33-16-24(32)27-15-17(2)3)21-14-23(19-12-10-18(4)11-13-19)28-22-9-7-6-8-20(21)22/h6-14,17H,5,15-16H2,1-4H3,(H,27,32). The van der Waals surface area contributed by atoms with Crippen LogP contribution in [0.15, 0.2) is 59.8 Å². The topological polar surface area (TPSA) is 72.7 Å². The van der Waals surface area contributed by atoms with Crippen molar-refractivity contribution in [1.82, 2.24) is 25.1 Å². The smallest absolute Gasteiger partial charge is 0.230 e. The van der Waals surface area contributed by atoms with Gasteiger partial charge in [-0.1, -0.05) is 73.6 Å². The van der Waals surface area contributed by atoms with E-state index in [-0.39, 0.29) is 5.91 Å². The lowest BCUT2D eigenvalue weighted by molar-refractivity contribution is -0.118. The minimum Gasteiger partial charge on any atom is -0.355 e. The zero-order valence-electron chi connectivity index (χ0n) is 19.5. The minimum absolute atomic E-state index is 0.0110. The molecule has 4 rings (SSSR count). The molecular weight excluding hydrogens is 430 g/mol. The second kappa shape index (κ2) is 10.2. The summed E-state index contributed by atoms with van der Waals surface area (Å²) in [5, 5.41) is 13.7. The average Bonchev–Trinajstić information content (AvgIpc) is 3.23. The summed E-state index contributed by atoms with van der Waals surface area (Å²) in [6.07, 6.45) is 0. The van der Waals surface area contributed by atoms with E-state index in [9.17, 15) is 4.79 Å². The molecule has 0 aliphatic rings. The summed E-state index contributed by atoms with van der Waals surface area (Å²) in [7, 11) is 0. The van der Waals surface area contributed by atoms with Crippen molar-refractivity contribution >= 4 is 28.6 Å². The number of fused-ring (bicyclic) bond motifs is 1. The Morgan fingerprint density at radius 2 is 1.85 bits per heavy atom. The molecule has 4 aromatic rings. The maximum Gasteiger partial charge on any atom is 0.230 e. The Morgan fingerprint density at radius 3 is 2.58 bits per heavy atom. The average molecular weight is 460 g/mol. The molecule has 0 unspecified atom stereocenters. The first-order valence-corrected chi connectivity index (χ1v) is 12.2. The van der Waals surface area contributed by atoms with E-state index >= 15 is 0 Å². The van der Waals surface area contributed by atoms with Gasteiger partial charge in [-0.05, 0) is 31.9 Å². The molecule has 1 N–H and O–H groups in total. The number of aromatic nitrogens is 4. The van der Waals surface area contributed by atoms with Crippen molar-refractivity contribution in [1.29, 1.82) is 0 Å². The zero-order chi connectivity index (χ0) is 23.4. The van der Waals surface area contributed by atoms with Crippen LogP contribution in [0.4, 0.5) is 0 Å². The van der Waals surface area contributed by atoms with Gasteiger partial charge in [0.05, 0.1) is 17.0 Å². The van der Waals surface area contributed by atoms with Crippen LogP contribution in [0.5, 0.6) is 0 Å². The van der Waals surface area contributed by atoms with E-state index in [1.54, 1.807) is 0 Å². The van der Waals surface area contributed by atoms with Crippen molar-refractivity contribution in [3.8, 4) is 22.6 Å². The van der Waals surface area contributed by atoms with Crippen LogP contribution in [-0.2, 0) is 11.3 Å². The van der Waals surface area contributed by atoms with Crippen molar-refractivity contribution < 1.29 is 4.79 Å². The summed E-state index contributed by atoms with van der Waals surface area (Å²) in [5.74, 6) is 1.54. The summed E-state index contributed by atoms with van der Waals surface area (Å²) in [6, 6.07) is 18.6. The van der Waals surface area contributed by atoms with Gasteiger partial charge >= 0.3 is 0 Å². The monoisotopic (exact) mass is 459 g/mol. The van der Waals surface area contributed by atoms with E-state index in [2.05, 4.69) is 84.2 Å². The molecule has 6 nitrogen and oxygen atoms in total. The Labute approximate surface area is 198 Å². The van der Waals surface area contributed by atoms with Crippen molar-refractivity contribution in [2.45, 2.75) is 39.4 Å². The molecule has 1 amide bonds. The number of rotatable bonds is 8. The van der Waals surface area contributed by atoms with E-state index in [0.29, 0.717) is 24.8 Å². The molecule has 0 aliphatic heterocycles. The van der Waals surface area contributed by atoms with Crippen molar-refractivity contribution in [3.05, 3.63) is 60.2 Å². The second-order valence-electron chi connectivity index (χ2n) is 8.48. The number of hydrogen-bond acceptors (Lipinski definition) is 5. The summed E-state index contributed by atoms with van der Waals surface area (Å²) >= 11 is 1.42. The van der Waals surface area contributed by atoms with Gasteiger partial charge in [0.15, 0.2) is 11.0 Å². The van der Waals surface area contributed by atoms with Crippen molar-refractivity contribution in [2.24, 2.45) is 5.92 Å². The van der Waals surface area contributed by atoms with Gasteiger partial charge < -0.3 is 9.88 Å². The number of pyridine rings is 1. The molecule has 2 aromatic carbocycles. The highest BCUT2D eigenvalue weighted by Crippen LogP contribution is 2.33. The quantitative estimate of drug-likeness (QED) is 0.360. The van der Waals surface area contributed by atoms with Crippen molar-refractivity contribution in [2.75, 3.05) is 12.3 Å². The van der Waals surface area contributed by atoms with E-state index in [1.807, 2.05) is 18.2 Å². The number of amides is 1. The lowest BCUT2D eigenvalue weighted by Crippen LogP contribution is -2.28. The highest BCUT2D eigenvalue weighted by Gasteiger charge is 2.18. The van der Waals surface area contributed by atoms with Gasteiger partial charge in [0, 0.05) is 29.6 Å². The minimum atomic E-state index is 0.0110. The van der Waals surface area contributed by atoms with Crippen molar-refractivity contribution in [3.63, 3.8) is 0 Å². The second-order valence-corrected chi connectivity index (χ2v) is 9.42. The van der Waals surface area contributed by atoms with E-state index < -0.39 is 0 Å². The number of nitrogens with one attached hydrogen (secondary N) is 1. The first-order chi connectivity index (χ1) is 16.0. The summed E-state index contributed by atoms with van der Waals surface area (Å²) < 4.78 is 2.07. The maximum absolute atomic E-state index is 12.2. The molecule has 0 saturated heterocycles. The zero-order valence-corrected chi connectivity index (χ0v) is 20.3. The number of nitrogens with zero attached hydrogens (tertiary/aromatic N) is 4. The molecule has 0 spiro atoms. The number of para-hydroxylation sites is 1. The Morgan fingerprint density at radius 1 is 1.09 bits per heavy atom. The number of carbonyl (C=O) groups excluding carboxylic acids is 1. The largest absolute Gasteiger partial charge is 0.355 e. The normalized spacial score (nSPS) is 11.3. The van der Waals surface area contributed by atoms with Crippen LogP contribution < -0.4 is 5.32 Å². The fourth-order valence-electron chi connectivity index (χ4n) is 3.61. The highest BCUT2D eigenvalue weighted by molar-refractivity contribution is 7.99. The number of thioether (sulfide) groups is 1.